The first kappa shape index (κ1) is 20.7. The van der Waals surface area contributed by atoms with Gasteiger partial charge in [0.1, 0.15) is 46.3 Å². The molecule has 0 fully saturated rings. The third kappa shape index (κ3) is 3.00. The molecule has 0 aliphatic heterocycles. The molecule has 0 aliphatic carbocycles. The van der Waals surface area contributed by atoms with Gasteiger partial charge in [0, 0.05) is 16.3 Å². The van der Waals surface area contributed by atoms with Crippen molar-refractivity contribution in [2.45, 2.75) is 0 Å². The lowest BCUT2D eigenvalue weighted by atomic mass is 9.78. The van der Waals surface area contributed by atoms with E-state index in [-0.39, 0.29) is 22.2 Å². The van der Waals surface area contributed by atoms with Gasteiger partial charge in [0.15, 0.2) is 0 Å². The van der Waals surface area contributed by atoms with Crippen LogP contribution in [0.5, 0.6) is 0 Å². The zero-order valence-electron chi connectivity index (χ0n) is 17.8. The van der Waals surface area contributed by atoms with Crippen molar-refractivity contribution < 1.29 is 13.2 Å². The molecule has 0 atom stereocenters. The van der Waals surface area contributed by atoms with Crippen molar-refractivity contribution in [3.8, 4) is 22.4 Å². The highest BCUT2D eigenvalue weighted by atomic mass is 19.1. The van der Waals surface area contributed by atoms with Crippen LogP contribution in [-0.4, -0.2) is 28.5 Å². The molecule has 34 heavy (non-hydrogen) atoms. The molecule has 6 radical (unpaired) electrons. The van der Waals surface area contributed by atoms with E-state index in [9.17, 15) is 4.39 Å². The zero-order valence-corrected chi connectivity index (χ0v) is 17.8. The Morgan fingerprint density at radius 1 is 0.706 bits per heavy atom. The lowest BCUT2D eigenvalue weighted by Crippen LogP contribution is -2.38. The van der Waals surface area contributed by atoms with Crippen molar-refractivity contribution in [3.63, 3.8) is 0 Å². The molecule has 7 heteroatoms. The summed E-state index contributed by atoms with van der Waals surface area (Å²) in [7, 11) is 17.4. The van der Waals surface area contributed by atoms with E-state index in [2.05, 4.69) is 4.98 Å². The summed E-state index contributed by atoms with van der Waals surface area (Å²) in [6.45, 7) is 0. The molecule has 0 saturated heterocycles. The minimum atomic E-state index is -0.835. The summed E-state index contributed by atoms with van der Waals surface area (Å²) in [5.41, 5.74) is 1.63. The molecule has 2 heterocycles. The molecular weight excluding hydrogens is 425 g/mol. The molecule has 0 aliphatic rings. The minimum absolute atomic E-state index is 0.113. The van der Waals surface area contributed by atoms with E-state index >= 15 is 4.39 Å². The second kappa shape index (κ2) is 7.59. The molecular formula is C27H12B3F2NO. The number of rotatable bonds is 2. The van der Waals surface area contributed by atoms with Gasteiger partial charge in [-0.25, -0.2) is 8.78 Å². The van der Waals surface area contributed by atoms with Gasteiger partial charge in [0.2, 0.25) is 0 Å². The Labute approximate surface area is 197 Å². The van der Waals surface area contributed by atoms with E-state index in [1.807, 2.05) is 48.5 Å². The standard InChI is InChI=1S/C27H12B3F2NO/c28-21-23(32)22(29)27(30)33-24(21)18-7-3-6-16-17-10-11-19(31)20(26(17)34-25(16)18)15-9-8-13-4-1-2-5-14(13)12-15/h1-12H. The van der Waals surface area contributed by atoms with Gasteiger partial charge in [-0.1, -0.05) is 54.0 Å². The molecule has 0 unspecified atom stereocenters. The fraction of sp³-hybridized carbons (Fsp3) is 0. The summed E-state index contributed by atoms with van der Waals surface area (Å²) >= 11 is 0. The molecule has 0 amide bonds. The fourth-order valence-electron chi connectivity index (χ4n) is 4.45. The lowest BCUT2D eigenvalue weighted by molar-refractivity contribution is 0.622. The number of para-hydroxylation sites is 1. The smallest absolute Gasteiger partial charge is 0.146 e. The third-order valence-corrected chi connectivity index (χ3v) is 6.15. The molecule has 2 aromatic heterocycles. The van der Waals surface area contributed by atoms with Gasteiger partial charge in [-0.15, -0.1) is 0 Å². The van der Waals surface area contributed by atoms with Crippen molar-refractivity contribution in [1.82, 2.24) is 4.98 Å². The van der Waals surface area contributed by atoms with Gasteiger partial charge in [-0.2, -0.15) is 0 Å². The molecule has 6 rings (SSSR count). The Bertz CT molecular complexity index is 1780. The van der Waals surface area contributed by atoms with Gasteiger partial charge in [-0.05, 0) is 51.7 Å². The van der Waals surface area contributed by atoms with Crippen LogP contribution >= 0.6 is 0 Å². The Balaban J connectivity index is 1.67. The van der Waals surface area contributed by atoms with Crippen LogP contribution in [0.25, 0.3) is 55.1 Å². The molecule has 2 nitrogen and oxygen atoms in total. The number of aromatic nitrogens is 1. The van der Waals surface area contributed by atoms with Crippen molar-refractivity contribution in [3.05, 3.63) is 84.4 Å². The van der Waals surface area contributed by atoms with Crippen LogP contribution in [0.4, 0.5) is 8.78 Å². The Kier molecular flexibility index (Phi) is 4.63. The van der Waals surface area contributed by atoms with E-state index in [0.717, 1.165) is 10.8 Å². The predicted molar refractivity (Wildman–Crippen MR) is 136 cm³/mol. The molecule has 154 valence electrons. The summed E-state index contributed by atoms with van der Waals surface area (Å²) in [6.07, 6.45) is 0. The van der Waals surface area contributed by atoms with Gasteiger partial charge >= 0.3 is 0 Å². The first-order valence-electron chi connectivity index (χ1n) is 10.6. The maximum atomic E-state index is 15.2. The highest BCUT2D eigenvalue weighted by Crippen LogP contribution is 2.40. The highest BCUT2D eigenvalue weighted by molar-refractivity contribution is 6.50. The minimum Gasteiger partial charge on any atom is -0.455 e. The van der Waals surface area contributed by atoms with E-state index in [0.29, 0.717) is 38.6 Å². The van der Waals surface area contributed by atoms with Crippen molar-refractivity contribution in [2.24, 2.45) is 0 Å². The van der Waals surface area contributed by atoms with E-state index in [1.165, 1.54) is 6.07 Å². The quantitative estimate of drug-likeness (QED) is 0.381. The largest absolute Gasteiger partial charge is 0.455 e. The van der Waals surface area contributed by atoms with Crippen molar-refractivity contribution >= 4 is 72.8 Å². The lowest BCUT2D eigenvalue weighted by Gasteiger charge is -2.12. The Morgan fingerprint density at radius 3 is 2.29 bits per heavy atom. The Hall–Kier alpha value is -3.86. The van der Waals surface area contributed by atoms with Crippen LogP contribution < -0.4 is 16.5 Å². The van der Waals surface area contributed by atoms with Gasteiger partial charge in [0.25, 0.3) is 0 Å². The fourth-order valence-corrected chi connectivity index (χ4v) is 4.45. The summed E-state index contributed by atoms with van der Waals surface area (Å²) < 4.78 is 36.0. The normalized spacial score (nSPS) is 11.6. The van der Waals surface area contributed by atoms with E-state index < -0.39 is 11.6 Å². The molecule has 0 saturated carbocycles. The van der Waals surface area contributed by atoms with Crippen LogP contribution in [0.3, 0.4) is 0 Å². The number of pyridine rings is 1. The average molecular weight is 437 g/mol. The number of hydrogen-bond acceptors (Lipinski definition) is 2. The molecule has 0 spiro atoms. The predicted octanol–water partition coefficient (Wildman–Crippen LogP) is 4.13. The summed E-state index contributed by atoms with van der Waals surface area (Å²) in [5.74, 6) is -1.25. The zero-order chi connectivity index (χ0) is 23.6. The molecule has 6 aromatic rings. The van der Waals surface area contributed by atoms with Crippen LogP contribution in [0.1, 0.15) is 0 Å². The second-order valence-electron chi connectivity index (χ2n) is 8.13. The monoisotopic (exact) mass is 437 g/mol. The van der Waals surface area contributed by atoms with Gasteiger partial charge in [-0.3, -0.25) is 4.98 Å². The number of furan rings is 1. The number of fused-ring (bicyclic) bond motifs is 4. The van der Waals surface area contributed by atoms with Crippen LogP contribution in [-0.2, 0) is 0 Å². The third-order valence-electron chi connectivity index (χ3n) is 6.15. The van der Waals surface area contributed by atoms with Crippen molar-refractivity contribution in [2.75, 3.05) is 0 Å². The SMILES string of the molecule is [B]c1nc(-c2cccc3c2oc2c(-c4ccc5ccccc5c4)c(F)ccc23)c([B])c(F)c1[B]. The van der Waals surface area contributed by atoms with E-state index in [1.54, 1.807) is 18.2 Å². The number of benzene rings is 4. The highest BCUT2D eigenvalue weighted by Gasteiger charge is 2.21. The molecule has 0 bridgehead atoms. The summed E-state index contributed by atoms with van der Waals surface area (Å²) in [4.78, 5) is 4.21. The van der Waals surface area contributed by atoms with Crippen molar-refractivity contribution in [1.29, 1.82) is 0 Å². The van der Waals surface area contributed by atoms with Crippen LogP contribution in [0, 0.1) is 11.6 Å². The first-order chi connectivity index (χ1) is 16.4. The maximum absolute atomic E-state index is 15.2. The molecule has 4 aromatic carbocycles. The molecule has 0 N–H and O–H groups in total. The maximum Gasteiger partial charge on any atom is 0.146 e. The van der Waals surface area contributed by atoms with Crippen LogP contribution in [0.15, 0.2) is 77.2 Å². The number of nitrogens with zero attached hydrogens (tertiary/aromatic N) is 1. The summed E-state index contributed by atoms with van der Waals surface area (Å²) in [5, 5.41) is 3.46. The topological polar surface area (TPSA) is 26.0 Å². The number of hydrogen-bond donors (Lipinski definition) is 0. The van der Waals surface area contributed by atoms with Gasteiger partial charge in [0.05, 0.1) is 11.3 Å². The van der Waals surface area contributed by atoms with E-state index in [4.69, 9.17) is 28.0 Å². The van der Waals surface area contributed by atoms with Crippen LogP contribution in [0.2, 0.25) is 0 Å². The summed E-state index contributed by atoms with van der Waals surface area (Å²) in [6, 6.07) is 22.0. The average Bonchev–Trinajstić information content (AvgIpc) is 3.23. The van der Waals surface area contributed by atoms with Gasteiger partial charge < -0.3 is 4.42 Å². The Morgan fingerprint density at radius 2 is 1.47 bits per heavy atom. The first-order valence-corrected chi connectivity index (χ1v) is 10.6. The second-order valence-corrected chi connectivity index (χ2v) is 8.13. The number of halogens is 2.